The molecule has 0 aliphatic rings. The minimum Gasteiger partial charge on any atom is -0.325 e. The van der Waals surface area contributed by atoms with Crippen LogP contribution < -0.4 is 9.62 Å². The molecule has 1 N–H and O–H groups in total. The molecule has 0 saturated heterocycles. The molecule has 3 aromatic rings. The van der Waals surface area contributed by atoms with Crippen LogP contribution in [0.5, 0.6) is 0 Å². The number of carbonyl (C=O) groups is 1. The molecule has 0 spiro atoms. The summed E-state index contributed by atoms with van der Waals surface area (Å²) in [5, 5.41) is 2.34. The molecule has 0 unspecified atom stereocenters. The van der Waals surface area contributed by atoms with Gasteiger partial charge in [0.1, 0.15) is 6.54 Å². The monoisotopic (exact) mass is 448 g/mol. The molecular formula is C22H19F3N2O3S. The third-order valence-electron chi connectivity index (χ3n) is 4.41. The summed E-state index contributed by atoms with van der Waals surface area (Å²) in [7, 11) is -4.09. The zero-order chi connectivity index (χ0) is 22.6. The first-order valence-electron chi connectivity index (χ1n) is 9.19. The first kappa shape index (κ1) is 22.4. The maximum Gasteiger partial charge on any atom is 0.416 e. The zero-order valence-electron chi connectivity index (χ0n) is 16.4. The van der Waals surface area contributed by atoms with Crippen molar-refractivity contribution in [1.29, 1.82) is 0 Å². The van der Waals surface area contributed by atoms with Crippen LogP contribution in [0, 0.1) is 6.92 Å². The van der Waals surface area contributed by atoms with E-state index in [2.05, 4.69) is 5.32 Å². The summed E-state index contributed by atoms with van der Waals surface area (Å²) in [6.07, 6.45) is -4.56. The molecule has 0 radical (unpaired) electrons. The summed E-state index contributed by atoms with van der Waals surface area (Å²) in [6, 6.07) is 18.3. The van der Waals surface area contributed by atoms with Crippen molar-refractivity contribution in [3.05, 3.63) is 90.0 Å². The van der Waals surface area contributed by atoms with E-state index in [1.165, 1.54) is 18.2 Å². The number of rotatable bonds is 6. The number of carbonyl (C=O) groups excluding carboxylic acids is 1. The fourth-order valence-corrected chi connectivity index (χ4v) is 4.29. The highest BCUT2D eigenvalue weighted by Gasteiger charge is 2.31. The Morgan fingerprint density at radius 3 is 2.19 bits per heavy atom. The lowest BCUT2D eigenvalue weighted by Gasteiger charge is -2.24. The number of benzene rings is 3. The van der Waals surface area contributed by atoms with Crippen LogP contribution in [0.25, 0.3) is 0 Å². The van der Waals surface area contributed by atoms with E-state index < -0.39 is 34.2 Å². The van der Waals surface area contributed by atoms with E-state index in [4.69, 9.17) is 0 Å². The molecule has 0 bridgehead atoms. The highest BCUT2D eigenvalue weighted by Crippen LogP contribution is 2.31. The first-order chi connectivity index (χ1) is 14.6. The zero-order valence-corrected chi connectivity index (χ0v) is 17.2. The topological polar surface area (TPSA) is 66.5 Å². The van der Waals surface area contributed by atoms with E-state index in [9.17, 15) is 26.4 Å². The van der Waals surface area contributed by atoms with Crippen molar-refractivity contribution in [2.75, 3.05) is 16.2 Å². The van der Waals surface area contributed by atoms with Crippen molar-refractivity contribution in [3.8, 4) is 0 Å². The van der Waals surface area contributed by atoms with Crippen LogP contribution in [0.2, 0.25) is 0 Å². The van der Waals surface area contributed by atoms with Crippen LogP contribution in [0.4, 0.5) is 24.5 Å². The van der Waals surface area contributed by atoms with E-state index in [0.717, 1.165) is 28.1 Å². The molecule has 3 rings (SSSR count). The first-order valence-corrected chi connectivity index (χ1v) is 10.6. The van der Waals surface area contributed by atoms with E-state index in [1.54, 1.807) is 42.5 Å². The van der Waals surface area contributed by atoms with Gasteiger partial charge in [-0.3, -0.25) is 9.10 Å². The number of hydrogen-bond donors (Lipinski definition) is 1. The predicted octanol–water partition coefficient (Wildman–Crippen LogP) is 4.85. The van der Waals surface area contributed by atoms with Crippen LogP contribution in [-0.4, -0.2) is 20.9 Å². The van der Waals surface area contributed by atoms with Gasteiger partial charge < -0.3 is 5.32 Å². The van der Waals surface area contributed by atoms with Crippen molar-refractivity contribution < 1.29 is 26.4 Å². The lowest BCUT2D eigenvalue weighted by Crippen LogP contribution is -2.38. The second-order valence-electron chi connectivity index (χ2n) is 6.79. The van der Waals surface area contributed by atoms with Gasteiger partial charge in [0.05, 0.1) is 16.1 Å². The van der Waals surface area contributed by atoms with E-state index >= 15 is 0 Å². The second-order valence-corrected chi connectivity index (χ2v) is 8.65. The Morgan fingerprint density at radius 2 is 1.58 bits per heavy atom. The summed E-state index contributed by atoms with van der Waals surface area (Å²) in [4.78, 5) is 12.6. The molecule has 3 aromatic carbocycles. The van der Waals surface area contributed by atoms with Crippen molar-refractivity contribution in [1.82, 2.24) is 0 Å². The maximum atomic E-state index is 13.2. The SMILES string of the molecule is Cc1ccc(N(CC(=O)Nc2cccc(C(F)(F)F)c2)S(=O)(=O)c2ccccc2)cc1. The quantitative estimate of drug-likeness (QED) is 0.586. The predicted molar refractivity (Wildman–Crippen MR) is 112 cm³/mol. The Bertz CT molecular complexity index is 1160. The minimum absolute atomic E-state index is 0.0116. The lowest BCUT2D eigenvalue weighted by molar-refractivity contribution is -0.137. The largest absolute Gasteiger partial charge is 0.416 e. The Morgan fingerprint density at radius 1 is 0.935 bits per heavy atom. The van der Waals surface area contributed by atoms with E-state index in [-0.39, 0.29) is 16.3 Å². The van der Waals surface area contributed by atoms with Gasteiger partial charge in [-0.05, 0) is 49.4 Å². The average Bonchev–Trinajstić information content (AvgIpc) is 2.73. The number of nitrogens with one attached hydrogen (secondary N) is 1. The third kappa shape index (κ3) is 5.43. The molecule has 0 aliphatic carbocycles. The van der Waals surface area contributed by atoms with Gasteiger partial charge in [0.15, 0.2) is 0 Å². The number of aryl methyl sites for hydroxylation is 1. The van der Waals surface area contributed by atoms with Crippen molar-refractivity contribution in [2.24, 2.45) is 0 Å². The molecule has 1 amide bonds. The van der Waals surface area contributed by atoms with Gasteiger partial charge in [0, 0.05) is 5.69 Å². The van der Waals surface area contributed by atoms with Crippen LogP contribution in [-0.2, 0) is 21.0 Å². The van der Waals surface area contributed by atoms with Crippen LogP contribution in [0.1, 0.15) is 11.1 Å². The molecule has 31 heavy (non-hydrogen) atoms. The molecule has 5 nitrogen and oxygen atoms in total. The molecule has 0 fully saturated rings. The molecule has 0 aromatic heterocycles. The Labute approximate surface area is 178 Å². The molecule has 0 heterocycles. The minimum atomic E-state index is -4.56. The Balaban J connectivity index is 1.90. The lowest BCUT2D eigenvalue weighted by atomic mass is 10.2. The van der Waals surface area contributed by atoms with Crippen LogP contribution in [0.15, 0.2) is 83.8 Å². The highest BCUT2D eigenvalue weighted by molar-refractivity contribution is 7.92. The molecule has 0 saturated carbocycles. The number of amides is 1. The number of alkyl halides is 3. The highest BCUT2D eigenvalue weighted by atomic mass is 32.2. The van der Waals surface area contributed by atoms with Gasteiger partial charge in [-0.15, -0.1) is 0 Å². The number of anilines is 2. The van der Waals surface area contributed by atoms with Gasteiger partial charge in [-0.25, -0.2) is 8.42 Å². The van der Waals surface area contributed by atoms with Gasteiger partial charge in [-0.1, -0.05) is 42.0 Å². The molecule has 9 heteroatoms. The normalized spacial score (nSPS) is 11.7. The average molecular weight is 448 g/mol. The van der Waals surface area contributed by atoms with Crippen molar-refractivity contribution in [2.45, 2.75) is 18.0 Å². The van der Waals surface area contributed by atoms with E-state index in [0.29, 0.717) is 0 Å². The summed E-state index contributed by atoms with van der Waals surface area (Å²) < 4.78 is 66.0. The van der Waals surface area contributed by atoms with Gasteiger partial charge in [0.2, 0.25) is 5.91 Å². The van der Waals surface area contributed by atoms with Crippen LogP contribution >= 0.6 is 0 Å². The van der Waals surface area contributed by atoms with Gasteiger partial charge >= 0.3 is 6.18 Å². The molecule has 162 valence electrons. The standard InChI is InChI=1S/C22H19F3N2O3S/c1-16-10-12-19(13-11-16)27(31(29,30)20-8-3-2-4-9-20)15-21(28)26-18-7-5-6-17(14-18)22(23,24)25/h2-14H,15H2,1H3,(H,26,28). The number of halogens is 3. The van der Waals surface area contributed by atoms with E-state index in [1.807, 2.05) is 6.92 Å². The summed E-state index contributed by atoms with van der Waals surface area (Å²) in [5.74, 6) is -0.778. The van der Waals surface area contributed by atoms with Crippen LogP contribution in [0.3, 0.4) is 0 Å². The summed E-state index contributed by atoms with van der Waals surface area (Å²) in [6.45, 7) is 1.22. The summed E-state index contributed by atoms with van der Waals surface area (Å²) in [5.41, 5.74) is 0.154. The summed E-state index contributed by atoms with van der Waals surface area (Å²) >= 11 is 0. The smallest absolute Gasteiger partial charge is 0.325 e. The molecular weight excluding hydrogens is 429 g/mol. The number of sulfonamides is 1. The van der Waals surface area contributed by atoms with Gasteiger partial charge in [-0.2, -0.15) is 13.2 Å². The fourth-order valence-electron chi connectivity index (χ4n) is 2.85. The fraction of sp³-hybridized carbons (Fsp3) is 0.136. The second kappa shape index (κ2) is 8.81. The Hall–Kier alpha value is -3.33. The number of hydrogen-bond acceptors (Lipinski definition) is 3. The Kier molecular flexibility index (Phi) is 6.35. The molecule has 0 atom stereocenters. The van der Waals surface area contributed by atoms with Crippen molar-refractivity contribution >= 4 is 27.3 Å². The third-order valence-corrected chi connectivity index (χ3v) is 6.20. The van der Waals surface area contributed by atoms with Gasteiger partial charge in [0.25, 0.3) is 10.0 Å². The maximum absolute atomic E-state index is 13.2. The molecule has 0 aliphatic heterocycles. The van der Waals surface area contributed by atoms with Crippen molar-refractivity contribution in [3.63, 3.8) is 0 Å². The number of nitrogens with zero attached hydrogens (tertiary/aromatic N) is 1.